The molecule has 1 aliphatic rings. The topological polar surface area (TPSA) is 144 Å². The standard InChI is InChI=1S/C19H22N2O3.C15H16N2O3/c1-5-15-16(17(22)13-9-11(2)8-12(3)10-13)21(14-6-7-14)19(24)20(4)18(15)23;1-4-11-12(16-15(20)17-14(11)19)13(18)10-6-8(2)5-9(3)7-10/h8-10,14H,5-7H2,1-4H3;5-7H,4H2,1-3H3,(H2,16,17,19,20). The Kier molecular flexibility index (Phi) is 9.32. The highest BCUT2D eigenvalue weighted by Crippen LogP contribution is 2.35. The van der Waals surface area contributed by atoms with Crippen LogP contribution in [0.4, 0.5) is 0 Å². The zero-order valence-electron chi connectivity index (χ0n) is 26.2. The Morgan fingerprint density at radius 2 is 1.20 bits per heavy atom. The van der Waals surface area contributed by atoms with E-state index < -0.39 is 16.9 Å². The van der Waals surface area contributed by atoms with E-state index in [4.69, 9.17) is 0 Å². The molecular formula is C34H38N4O6. The van der Waals surface area contributed by atoms with Crippen molar-refractivity contribution < 1.29 is 9.59 Å². The smallest absolute Gasteiger partial charge is 0.304 e. The quantitative estimate of drug-likeness (QED) is 0.310. The zero-order chi connectivity index (χ0) is 32.5. The SMILES string of the molecule is CCc1c(C(=O)c2cc(C)cc(C)c2)[nH]c(=O)[nH]c1=O.CCc1c(C(=O)c2cc(C)cc(C)c2)n(C2CC2)c(=O)n(C)c1=O. The van der Waals surface area contributed by atoms with Gasteiger partial charge in [-0.3, -0.25) is 33.3 Å². The molecule has 230 valence electrons. The van der Waals surface area contributed by atoms with Crippen molar-refractivity contribution in [1.82, 2.24) is 19.1 Å². The Bertz CT molecular complexity index is 1980. The molecule has 0 bridgehead atoms. The maximum atomic E-state index is 13.2. The third-order valence-corrected chi connectivity index (χ3v) is 7.65. The van der Waals surface area contributed by atoms with Gasteiger partial charge in [0, 0.05) is 35.3 Å². The predicted molar refractivity (Wildman–Crippen MR) is 169 cm³/mol. The summed E-state index contributed by atoms with van der Waals surface area (Å²) >= 11 is 0. The molecule has 1 saturated carbocycles. The summed E-state index contributed by atoms with van der Waals surface area (Å²) < 4.78 is 2.66. The highest BCUT2D eigenvalue weighted by Gasteiger charge is 2.33. The Balaban J connectivity index is 0.000000204. The third kappa shape index (κ3) is 6.54. The van der Waals surface area contributed by atoms with Crippen molar-refractivity contribution >= 4 is 11.6 Å². The average molecular weight is 599 g/mol. The van der Waals surface area contributed by atoms with E-state index in [2.05, 4.69) is 9.97 Å². The van der Waals surface area contributed by atoms with Crippen LogP contribution in [0.15, 0.2) is 55.6 Å². The molecule has 0 radical (unpaired) electrons. The van der Waals surface area contributed by atoms with Crippen LogP contribution in [-0.2, 0) is 19.9 Å². The second-order valence-electron chi connectivity index (χ2n) is 11.5. The normalized spacial score (nSPS) is 12.4. The minimum absolute atomic E-state index is 0.0273. The fourth-order valence-corrected chi connectivity index (χ4v) is 5.57. The molecule has 2 heterocycles. The minimum atomic E-state index is -0.667. The van der Waals surface area contributed by atoms with E-state index in [1.165, 1.54) is 7.05 Å². The number of aryl methyl sites for hydroxylation is 4. The molecule has 10 nitrogen and oxygen atoms in total. The number of aromatic amines is 2. The summed E-state index contributed by atoms with van der Waals surface area (Å²) in [6, 6.07) is 11.1. The third-order valence-electron chi connectivity index (χ3n) is 7.65. The van der Waals surface area contributed by atoms with Crippen molar-refractivity contribution in [1.29, 1.82) is 0 Å². The molecule has 0 amide bonds. The minimum Gasteiger partial charge on any atom is -0.304 e. The molecule has 44 heavy (non-hydrogen) atoms. The predicted octanol–water partition coefficient (Wildman–Crippen LogP) is 3.77. The van der Waals surface area contributed by atoms with Gasteiger partial charge >= 0.3 is 11.4 Å². The van der Waals surface area contributed by atoms with E-state index in [1.54, 1.807) is 23.6 Å². The second kappa shape index (κ2) is 12.8. The van der Waals surface area contributed by atoms with Gasteiger partial charge in [0.25, 0.3) is 11.1 Å². The van der Waals surface area contributed by atoms with Gasteiger partial charge in [-0.25, -0.2) is 9.59 Å². The maximum absolute atomic E-state index is 13.2. The second-order valence-corrected chi connectivity index (χ2v) is 11.5. The fourth-order valence-electron chi connectivity index (χ4n) is 5.57. The van der Waals surface area contributed by atoms with Crippen molar-refractivity contribution in [3.8, 4) is 0 Å². The summed E-state index contributed by atoms with van der Waals surface area (Å²) in [6.07, 6.45) is 2.53. The van der Waals surface area contributed by atoms with E-state index in [1.807, 2.05) is 58.9 Å². The van der Waals surface area contributed by atoms with Gasteiger partial charge in [-0.2, -0.15) is 0 Å². The Labute approximate surface area is 254 Å². The number of benzene rings is 2. The largest absolute Gasteiger partial charge is 0.331 e. The lowest BCUT2D eigenvalue weighted by Crippen LogP contribution is -2.43. The fraction of sp³-hybridized carbons (Fsp3) is 0.353. The van der Waals surface area contributed by atoms with Gasteiger partial charge in [-0.05, 0) is 77.6 Å². The van der Waals surface area contributed by atoms with Gasteiger partial charge in [0.1, 0.15) is 5.69 Å². The first-order chi connectivity index (χ1) is 20.8. The molecule has 0 unspecified atom stereocenters. The van der Waals surface area contributed by atoms with Crippen molar-refractivity contribution in [3.05, 3.63) is 134 Å². The summed E-state index contributed by atoms with van der Waals surface area (Å²) in [5.41, 5.74) is 4.02. The number of hydrogen-bond donors (Lipinski definition) is 2. The lowest BCUT2D eigenvalue weighted by atomic mass is 9.99. The summed E-state index contributed by atoms with van der Waals surface area (Å²) in [6.45, 7) is 11.3. The van der Waals surface area contributed by atoms with Gasteiger partial charge in [0.05, 0.1) is 5.69 Å². The highest BCUT2D eigenvalue weighted by atomic mass is 16.2. The lowest BCUT2D eigenvalue weighted by molar-refractivity contribution is 0.102. The molecule has 2 aromatic heterocycles. The summed E-state index contributed by atoms with van der Waals surface area (Å²) in [4.78, 5) is 78.5. The number of carbonyl (C=O) groups excluding carboxylic acids is 2. The van der Waals surface area contributed by atoms with Crippen LogP contribution >= 0.6 is 0 Å². The lowest BCUT2D eigenvalue weighted by Gasteiger charge is -2.17. The first-order valence-corrected chi connectivity index (χ1v) is 14.7. The van der Waals surface area contributed by atoms with E-state index in [0.717, 1.165) is 39.7 Å². The molecule has 1 fully saturated rings. The molecule has 10 heteroatoms. The highest BCUT2D eigenvalue weighted by molar-refractivity contribution is 6.09. The monoisotopic (exact) mass is 598 g/mol. The van der Waals surface area contributed by atoms with Crippen LogP contribution in [-0.4, -0.2) is 30.7 Å². The Morgan fingerprint density at radius 3 is 1.66 bits per heavy atom. The zero-order valence-corrected chi connectivity index (χ0v) is 26.2. The van der Waals surface area contributed by atoms with Gasteiger partial charge in [-0.15, -0.1) is 0 Å². The van der Waals surface area contributed by atoms with E-state index in [9.17, 15) is 28.8 Å². The van der Waals surface area contributed by atoms with Crippen molar-refractivity contribution in [2.45, 2.75) is 73.3 Å². The van der Waals surface area contributed by atoms with Gasteiger partial charge in [0.2, 0.25) is 11.6 Å². The van der Waals surface area contributed by atoms with Crippen LogP contribution in [0, 0.1) is 27.7 Å². The van der Waals surface area contributed by atoms with E-state index in [-0.39, 0.29) is 34.6 Å². The molecule has 0 saturated heterocycles. The maximum Gasteiger partial charge on any atom is 0.331 e. The number of hydrogen-bond acceptors (Lipinski definition) is 6. The molecule has 1 aliphatic carbocycles. The first-order valence-electron chi connectivity index (χ1n) is 14.7. The van der Waals surface area contributed by atoms with Crippen molar-refractivity contribution in [2.75, 3.05) is 0 Å². The summed E-state index contributed by atoms with van der Waals surface area (Å²) in [5.74, 6) is -0.572. The summed E-state index contributed by atoms with van der Waals surface area (Å²) in [5, 5.41) is 0. The molecule has 0 spiro atoms. The number of nitrogens with zero attached hydrogens (tertiary/aromatic N) is 2. The van der Waals surface area contributed by atoms with Crippen LogP contribution in [0.2, 0.25) is 0 Å². The number of carbonyl (C=O) groups is 2. The summed E-state index contributed by atoms with van der Waals surface area (Å²) in [7, 11) is 1.48. The van der Waals surface area contributed by atoms with E-state index >= 15 is 0 Å². The number of aromatic nitrogens is 4. The first kappa shape index (κ1) is 32.1. The van der Waals surface area contributed by atoms with Crippen LogP contribution in [0.25, 0.3) is 0 Å². The Morgan fingerprint density at radius 1 is 0.727 bits per heavy atom. The van der Waals surface area contributed by atoms with Crippen molar-refractivity contribution in [3.63, 3.8) is 0 Å². The number of H-pyrrole nitrogens is 2. The number of rotatable bonds is 7. The molecule has 2 aromatic carbocycles. The van der Waals surface area contributed by atoms with Crippen LogP contribution < -0.4 is 22.5 Å². The van der Waals surface area contributed by atoms with Gasteiger partial charge in [0.15, 0.2) is 0 Å². The van der Waals surface area contributed by atoms with Crippen molar-refractivity contribution in [2.24, 2.45) is 7.05 Å². The molecule has 2 N–H and O–H groups in total. The molecule has 4 aromatic rings. The average Bonchev–Trinajstić information content (AvgIpc) is 3.79. The number of ketones is 2. The molecule has 0 aliphatic heterocycles. The Hall–Kier alpha value is -4.86. The molecule has 5 rings (SSSR count). The van der Waals surface area contributed by atoms with Crippen LogP contribution in [0.5, 0.6) is 0 Å². The molecule has 0 atom stereocenters. The molecular weight excluding hydrogens is 560 g/mol. The van der Waals surface area contributed by atoms with Crippen LogP contribution in [0.3, 0.4) is 0 Å². The van der Waals surface area contributed by atoms with E-state index in [0.29, 0.717) is 35.1 Å². The van der Waals surface area contributed by atoms with Crippen LogP contribution in [0.1, 0.15) is 98.2 Å². The van der Waals surface area contributed by atoms with Gasteiger partial charge in [-0.1, -0.05) is 48.2 Å². The van der Waals surface area contributed by atoms with Gasteiger partial charge < -0.3 is 4.98 Å². The number of nitrogens with one attached hydrogen (secondary N) is 2.